The van der Waals surface area contributed by atoms with Crippen molar-refractivity contribution in [2.75, 3.05) is 5.75 Å². The van der Waals surface area contributed by atoms with Gasteiger partial charge in [0.2, 0.25) is 5.91 Å². The Hall–Kier alpha value is -4.02. The van der Waals surface area contributed by atoms with E-state index in [1.807, 2.05) is 72.8 Å². The van der Waals surface area contributed by atoms with Crippen molar-refractivity contribution in [3.63, 3.8) is 0 Å². The second kappa shape index (κ2) is 13.8. The van der Waals surface area contributed by atoms with Gasteiger partial charge < -0.3 is 25.0 Å². The van der Waals surface area contributed by atoms with E-state index in [-0.39, 0.29) is 30.3 Å². The maximum atomic E-state index is 11.7. The zero-order valence-electron chi connectivity index (χ0n) is 23.1. The van der Waals surface area contributed by atoms with E-state index >= 15 is 0 Å². The summed E-state index contributed by atoms with van der Waals surface area (Å²) in [6, 6.07) is 26.8. The molecule has 5 rings (SSSR count). The third-order valence-corrected chi connectivity index (χ3v) is 8.20. The van der Waals surface area contributed by atoms with Crippen LogP contribution in [0.4, 0.5) is 0 Å². The van der Waals surface area contributed by atoms with Crippen LogP contribution in [0.5, 0.6) is 0 Å². The SMILES string of the molecule is CC(=O)NCc1ccccc1-c1ccc([C@@H]2O[C@H](CSc3ncccc3C(=O)O)C[C@H](c3ccc(CO)cc3)O2)cc1. The van der Waals surface area contributed by atoms with Gasteiger partial charge in [0.25, 0.3) is 0 Å². The van der Waals surface area contributed by atoms with E-state index in [9.17, 15) is 19.8 Å². The summed E-state index contributed by atoms with van der Waals surface area (Å²) in [5, 5.41) is 22.3. The molecule has 1 saturated heterocycles. The number of benzene rings is 3. The highest BCUT2D eigenvalue weighted by Gasteiger charge is 2.32. The first-order valence-electron chi connectivity index (χ1n) is 13.7. The summed E-state index contributed by atoms with van der Waals surface area (Å²) < 4.78 is 12.9. The van der Waals surface area contributed by atoms with Gasteiger partial charge in [0.1, 0.15) is 5.03 Å². The number of hydrogen-bond donors (Lipinski definition) is 3. The van der Waals surface area contributed by atoms with Crippen LogP contribution in [-0.2, 0) is 27.4 Å². The molecule has 1 aromatic heterocycles. The first kappa shape index (κ1) is 29.5. The molecule has 0 bridgehead atoms. The molecule has 3 aromatic carbocycles. The van der Waals surface area contributed by atoms with Crippen LogP contribution in [0.2, 0.25) is 0 Å². The number of ether oxygens (including phenoxy) is 2. The molecule has 8 nitrogen and oxygen atoms in total. The van der Waals surface area contributed by atoms with Gasteiger partial charge in [-0.05, 0) is 39.9 Å². The number of hydrogen-bond acceptors (Lipinski definition) is 7. The highest BCUT2D eigenvalue weighted by molar-refractivity contribution is 7.99. The number of aliphatic hydroxyl groups excluding tert-OH is 1. The molecule has 4 aromatic rings. The fraction of sp³-hybridized carbons (Fsp3) is 0.242. The summed E-state index contributed by atoms with van der Waals surface area (Å²) in [5.74, 6) is -0.601. The Labute approximate surface area is 248 Å². The van der Waals surface area contributed by atoms with Gasteiger partial charge in [0.15, 0.2) is 6.29 Å². The molecule has 1 aliphatic rings. The summed E-state index contributed by atoms with van der Waals surface area (Å²) in [6.45, 7) is 1.91. The predicted molar refractivity (Wildman–Crippen MR) is 160 cm³/mol. The van der Waals surface area contributed by atoms with Crippen LogP contribution < -0.4 is 5.32 Å². The third-order valence-electron chi connectivity index (χ3n) is 7.06. The second-order valence-electron chi connectivity index (χ2n) is 10.0. The van der Waals surface area contributed by atoms with Gasteiger partial charge in [-0.15, -0.1) is 11.8 Å². The van der Waals surface area contributed by atoms with Crippen LogP contribution in [0.25, 0.3) is 11.1 Å². The first-order valence-corrected chi connectivity index (χ1v) is 14.6. The summed E-state index contributed by atoms with van der Waals surface area (Å²) in [6.07, 6.45) is 1.02. The van der Waals surface area contributed by atoms with Crippen LogP contribution in [0.3, 0.4) is 0 Å². The Bertz CT molecular complexity index is 1530. The van der Waals surface area contributed by atoms with Crippen molar-refractivity contribution < 1.29 is 29.3 Å². The molecule has 0 saturated carbocycles. The summed E-state index contributed by atoms with van der Waals surface area (Å²) in [7, 11) is 0. The average molecular weight is 585 g/mol. The largest absolute Gasteiger partial charge is 0.478 e. The lowest BCUT2D eigenvalue weighted by Crippen LogP contribution is -2.31. The van der Waals surface area contributed by atoms with E-state index in [0.717, 1.165) is 33.4 Å². The number of thioether (sulfide) groups is 1. The molecule has 9 heteroatoms. The normalized spacial score (nSPS) is 18.4. The highest BCUT2D eigenvalue weighted by atomic mass is 32.2. The molecule has 216 valence electrons. The monoisotopic (exact) mass is 584 g/mol. The lowest BCUT2D eigenvalue weighted by molar-refractivity contribution is -0.245. The van der Waals surface area contributed by atoms with E-state index in [1.54, 1.807) is 18.3 Å². The number of aromatic carboxylic acids is 1. The molecule has 0 radical (unpaired) electrons. The van der Waals surface area contributed by atoms with Gasteiger partial charge in [-0.2, -0.15) is 0 Å². The molecule has 0 unspecified atom stereocenters. The molecule has 3 N–H and O–H groups in total. The van der Waals surface area contributed by atoms with Crippen LogP contribution in [-0.4, -0.2) is 38.9 Å². The van der Waals surface area contributed by atoms with Crippen LogP contribution >= 0.6 is 11.8 Å². The molecular weight excluding hydrogens is 552 g/mol. The summed E-state index contributed by atoms with van der Waals surface area (Å²) >= 11 is 1.35. The molecule has 0 spiro atoms. The fourth-order valence-electron chi connectivity index (χ4n) is 4.86. The minimum Gasteiger partial charge on any atom is -0.478 e. The number of nitrogens with zero attached hydrogens (tertiary/aromatic N) is 1. The molecule has 42 heavy (non-hydrogen) atoms. The number of rotatable bonds is 10. The number of nitrogens with one attached hydrogen (secondary N) is 1. The van der Waals surface area contributed by atoms with Crippen molar-refractivity contribution in [3.05, 3.63) is 119 Å². The van der Waals surface area contributed by atoms with Gasteiger partial charge in [-0.3, -0.25) is 4.79 Å². The lowest BCUT2D eigenvalue weighted by atomic mass is 9.98. The maximum Gasteiger partial charge on any atom is 0.338 e. The standard InChI is InChI=1S/C33H32N2O6S/c1-21(37)35-18-26-5-2-3-6-28(26)23-12-14-25(15-13-23)33-40-27(20-42-31-29(32(38)39)7-4-16-34-31)17-30(41-33)24-10-8-22(19-36)9-11-24/h2-16,27,30,33,36H,17-20H2,1H3,(H,35,37)(H,38,39)/t27-,30+,33+/m0/s1. The number of carboxylic acid groups (broad SMARTS) is 1. The number of amides is 1. The van der Waals surface area contributed by atoms with Gasteiger partial charge >= 0.3 is 5.97 Å². The number of carbonyl (C=O) groups is 2. The van der Waals surface area contributed by atoms with E-state index in [1.165, 1.54) is 18.7 Å². The number of carbonyl (C=O) groups excluding carboxylic acids is 1. The summed E-state index contributed by atoms with van der Waals surface area (Å²) in [5.41, 5.74) is 5.87. The topological polar surface area (TPSA) is 118 Å². The summed E-state index contributed by atoms with van der Waals surface area (Å²) in [4.78, 5) is 27.4. The smallest absolute Gasteiger partial charge is 0.338 e. The average Bonchev–Trinajstić information content (AvgIpc) is 3.03. The van der Waals surface area contributed by atoms with Crippen molar-refractivity contribution >= 4 is 23.6 Å². The third kappa shape index (κ3) is 7.24. The zero-order valence-corrected chi connectivity index (χ0v) is 23.9. The number of aliphatic hydroxyl groups is 1. The van der Waals surface area contributed by atoms with Crippen molar-refractivity contribution in [1.29, 1.82) is 0 Å². The van der Waals surface area contributed by atoms with Crippen molar-refractivity contribution in [2.24, 2.45) is 0 Å². The van der Waals surface area contributed by atoms with Crippen molar-refractivity contribution in [1.82, 2.24) is 10.3 Å². The van der Waals surface area contributed by atoms with Gasteiger partial charge in [0.05, 0.1) is 24.4 Å². The Kier molecular flexibility index (Phi) is 9.66. The predicted octanol–water partition coefficient (Wildman–Crippen LogP) is 5.91. The van der Waals surface area contributed by atoms with Gasteiger partial charge in [0, 0.05) is 37.4 Å². The maximum absolute atomic E-state index is 11.7. The lowest BCUT2D eigenvalue weighted by Gasteiger charge is -2.36. The molecule has 1 amide bonds. The minimum absolute atomic E-state index is 0.0346. The van der Waals surface area contributed by atoms with Gasteiger partial charge in [-0.1, -0.05) is 72.8 Å². The molecule has 1 fully saturated rings. The van der Waals surface area contributed by atoms with Crippen molar-refractivity contribution in [2.45, 2.75) is 50.0 Å². The zero-order chi connectivity index (χ0) is 29.5. The molecular formula is C33H32N2O6S. The molecule has 3 atom stereocenters. The van der Waals surface area contributed by atoms with E-state index < -0.39 is 12.3 Å². The second-order valence-corrected chi connectivity index (χ2v) is 11.0. The Morgan fingerprint density at radius 2 is 1.69 bits per heavy atom. The van der Waals surface area contributed by atoms with E-state index in [0.29, 0.717) is 23.7 Å². The Morgan fingerprint density at radius 1 is 0.952 bits per heavy atom. The number of carboxylic acids is 1. The number of aromatic nitrogens is 1. The molecule has 0 aliphatic carbocycles. The first-order chi connectivity index (χ1) is 20.4. The number of pyridine rings is 1. The van der Waals surface area contributed by atoms with E-state index in [4.69, 9.17) is 9.47 Å². The van der Waals surface area contributed by atoms with Crippen LogP contribution in [0.15, 0.2) is 96.2 Å². The fourth-order valence-corrected chi connectivity index (χ4v) is 5.86. The Morgan fingerprint density at radius 3 is 2.40 bits per heavy atom. The van der Waals surface area contributed by atoms with Crippen LogP contribution in [0, 0.1) is 0 Å². The molecule has 1 aliphatic heterocycles. The van der Waals surface area contributed by atoms with E-state index in [2.05, 4.69) is 10.3 Å². The van der Waals surface area contributed by atoms with Crippen molar-refractivity contribution in [3.8, 4) is 11.1 Å². The minimum atomic E-state index is -1.02. The van der Waals surface area contributed by atoms with Gasteiger partial charge in [-0.25, -0.2) is 9.78 Å². The molecule has 2 heterocycles. The quantitative estimate of drug-likeness (QED) is 0.197. The Balaban J connectivity index is 1.37. The van der Waals surface area contributed by atoms with Crippen LogP contribution in [0.1, 0.15) is 58.4 Å². The highest BCUT2D eigenvalue weighted by Crippen LogP contribution is 2.40.